The van der Waals surface area contributed by atoms with Gasteiger partial charge in [-0.15, -0.1) is 5.10 Å². The van der Waals surface area contributed by atoms with E-state index in [1.54, 1.807) is 31.4 Å². The number of amides is 1. The summed E-state index contributed by atoms with van der Waals surface area (Å²) in [5.74, 6) is 0.790. The van der Waals surface area contributed by atoms with E-state index in [0.29, 0.717) is 28.3 Å². The van der Waals surface area contributed by atoms with Gasteiger partial charge >= 0.3 is 0 Å². The monoisotopic (exact) mass is 488 g/mol. The molecule has 5 aromatic rings. The van der Waals surface area contributed by atoms with Crippen molar-refractivity contribution in [3.8, 4) is 17.1 Å². The maximum Gasteiger partial charge on any atom is 0.271 e. The molecule has 5 rings (SSSR count). The van der Waals surface area contributed by atoms with Crippen molar-refractivity contribution in [2.24, 2.45) is 5.10 Å². The summed E-state index contributed by atoms with van der Waals surface area (Å²) in [6.45, 7) is 0. The number of aromatic nitrogens is 2. The number of carbonyl (C=O) groups is 1. The van der Waals surface area contributed by atoms with Crippen LogP contribution in [-0.4, -0.2) is 23.0 Å². The summed E-state index contributed by atoms with van der Waals surface area (Å²) >= 11 is 3.49. The molecule has 0 aliphatic carbocycles. The number of nitrogens with one attached hydrogen (secondary N) is 2. The molecule has 1 amide bonds. The highest BCUT2D eigenvalue weighted by atomic mass is 79.9. The minimum atomic E-state index is -0.384. The molecule has 0 saturated carbocycles. The molecule has 8 heteroatoms. The molecule has 0 aliphatic heterocycles. The van der Waals surface area contributed by atoms with Crippen LogP contribution in [0.1, 0.15) is 10.4 Å². The Morgan fingerprint density at radius 3 is 2.81 bits per heavy atom. The normalized spacial score (nSPS) is 11.8. The van der Waals surface area contributed by atoms with E-state index in [2.05, 4.69) is 36.4 Å². The number of carbonyl (C=O) groups excluding carboxylic acids is 1. The molecule has 158 valence electrons. The number of benzene rings is 3. The Kier molecular flexibility index (Phi) is 5.20. The minimum absolute atomic E-state index is 0.232. The zero-order valence-electron chi connectivity index (χ0n) is 16.9. The zero-order chi connectivity index (χ0) is 22.1. The molecule has 0 fully saturated rings. The van der Waals surface area contributed by atoms with Crippen LogP contribution in [0.4, 0.5) is 0 Å². The lowest BCUT2D eigenvalue weighted by molar-refractivity contribution is 0.0951. The molecule has 2 N–H and O–H groups in total. The largest absolute Gasteiger partial charge is 0.497 e. The van der Waals surface area contributed by atoms with Crippen molar-refractivity contribution >= 4 is 43.8 Å². The van der Waals surface area contributed by atoms with Crippen molar-refractivity contribution in [1.82, 2.24) is 15.4 Å². The molecular formula is C24H17BrN4O3. The molecule has 2 aromatic heterocycles. The van der Waals surface area contributed by atoms with Crippen LogP contribution in [0.3, 0.4) is 0 Å². The van der Waals surface area contributed by atoms with E-state index in [1.165, 1.54) is 0 Å². The van der Waals surface area contributed by atoms with E-state index >= 15 is 0 Å². The highest BCUT2D eigenvalue weighted by molar-refractivity contribution is 9.10. The quantitative estimate of drug-likeness (QED) is 0.348. The number of aromatic amines is 1. The molecular weight excluding hydrogens is 472 g/mol. The number of hydrogen-bond donors (Lipinski definition) is 2. The first-order valence-electron chi connectivity index (χ1n) is 9.77. The van der Waals surface area contributed by atoms with E-state index < -0.39 is 0 Å². The van der Waals surface area contributed by atoms with Gasteiger partial charge in [-0.25, -0.2) is 10.4 Å². The Balaban J connectivity index is 1.62. The molecule has 0 atom stereocenters. The maximum atomic E-state index is 12.7. The van der Waals surface area contributed by atoms with Crippen LogP contribution in [0.15, 0.2) is 86.8 Å². The number of para-hydroxylation sites is 2. The number of rotatable bonds is 4. The van der Waals surface area contributed by atoms with E-state index in [9.17, 15) is 4.79 Å². The van der Waals surface area contributed by atoms with Gasteiger partial charge in [0.25, 0.3) is 5.91 Å². The number of fused-ring (bicyclic) bond motifs is 2. The van der Waals surface area contributed by atoms with Crippen molar-refractivity contribution in [3.05, 3.63) is 88.4 Å². The second-order valence-corrected chi connectivity index (χ2v) is 7.95. The van der Waals surface area contributed by atoms with E-state index in [0.717, 1.165) is 20.9 Å². The van der Waals surface area contributed by atoms with E-state index in [1.807, 2.05) is 48.5 Å². The summed E-state index contributed by atoms with van der Waals surface area (Å²) in [7, 11) is 1.55. The predicted octanol–water partition coefficient (Wildman–Crippen LogP) is 4.99. The summed E-state index contributed by atoms with van der Waals surface area (Å²) in [6, 6.07) is 22.2. The Morgan fingerprint density at radius 1 is 1.09 bits per heavy atom. The van der Waals surface area contributed by atoms with Crippen molar-refractivity contribution < 1.29 is 13.9 Å². The van der Waals surface area contributed by atoms with Gasteiger partial charge in [-0.05, 0) is 54.6 Å². The van der Waals surface area contributed by atoms with Crippen molar-refractivity contribution in [3.63, 3.8) is 0 Å². The molecule has 2 heterocycles. The van der Waals surface area contributed by atoms with Crippen LogP contribution in [0.5, 0.6) is 5.75 Å². The molecule has 0 radical (unpaired) electrons. The lowest BCUT2D eigenvalue weighted by Gasteiger charge is -2.05. The number of ether oxygens (including phenoxy) is 1. The minimum Gasteiger partial charge on any atom is -0.497 e. The maximum absolute atomic E-state index is 12.7. The molecule has 0 unspecified atom stereocenters. The van der Waals surface area contributed by atoms with Gasteiger partial charge in [-0.2, -0.15) is 0 Å². The van der Waals surface area contributed by atoms with Gasteiger partial charge in [0.15, 0.2) is 0 Å². The molecule has 0 aliphatic rings. The molecule has 3 aromatic carbocycles. The van der Waals surface area contributed by atoms with Crippen LogP contribution < -0.4 is 15.7 Å². The summed E-state index contributed by atoms with van der Waals surface area (Å²) in [5.41, 5.74) is 6.19. The standard InChI is InChI=1S/C24H17BrN4O3/c1-31-17-6-4-5-14(12-17)23(30)28-29-24-18(13-15-11-16(25)9-10-21(15)32-24)22-26-19-7-2-3-8-20(19)27-22/h2-13H,1H3,(H,26,27)(H,28,30)/b29-24-. The van der Waals surface area contributed by atoms with Gasteiger partial charge in [0.1, 0.15) is 17.2 Å². The van der Waals surface area contributed by atoms with Crippen LogP contribution in [0.25, 0.3) is 33.4 Å². The van der Waals surface area contributed by atoms with E-state index in [-0.39, 0.29) is 11.5 Å². The number of H-pyrrole nitrogens is 1. The predicted molar refractivity (Wildman–Crippen MR) is 125 cm³/mol. The number of imidazole rings is 1. The van der Waals surface area contributed by atoms with Gasteiger partial charge in [0.05, 0.1) is 23.7 Å². The van der Waals surface area contributed by atoms with E-state index in [4.69, 9.17) is 9.15 Å². The average molecular weight is 489 g/mol. The third kappa shape index (κ3) is 3.88. The Bertz CT molecular complexity index is 1500. The van der Waals surface area contributed by atoms with Crippen molar-refractivity contribution in [2.75, 3.05) is 7.11 Å². The van der Waals surface area contributed by atoms with Crippen molar-refractivity contribution in [2.45, 2.75) is 0 Å². The van der Waals surface area contributed by atoms with Crippen LogP contribution >= 0.6 is 15.9 Å². The van der Waals surface area contributed by atoms with Gasteiger partial charge in [0, 0.05) is 15.4 Å². The Labute approximate surface area is 190 Å². The Morgan fingerprint density at radius 2 is 1.97 bits per heavy atom. The smallest absolute Gasteiger partial charge is 0.271 e. The second kappa shape index (κ2) is 8.32. The summed E-state index contributed by atoms with van der Waals surface area (Å²) in [5, 5.41) is 5.15. The fourth-order valence-corrected chi connectivity index (χ4v) is 3.74. The molecule has 0 saturated heterocycles. The molecule has 0 bridgehead atoms. The fourth-order valence-electron chi connectivity index (χ4n) is 3.36. The van der Waals surface area contributed by atoms with Crippen LogP contribution in [0, 0.1) is 0 Å². The SMILES string of the molecule is COc1cccc(C(=O)N/N=c2\oc3ccc(Br)cc3cc2-c2nc3ccccc3[nH]2)c1. The summed E-state index contributed by atoms with van der Waals surface area (Å²) in [4.78, 5) is 20.6. The van der Waals surface area contributed by atoms with Gasteiger partial charge < -0.3 is 14.1 Å². The van der Waals surface area contributed by atoms with Crippen molar-refractivity contribution in [1.29, 1.82) is 0 Å². The second-order valence-electron chi connectivity index (χ2n) is 7.03. The Hall–Kier alpha value is -3.91. The number of methoxy groups -OCH3 is 1. The molecule has 32 heavy (non-hydrogen) atoms. The molecule has 7 nitrogen and oxygen atoms in total. The number of halogens is 1. The van der Waals surface area contributed by atoms with Gasteiger partial charge in [-0.1, -0.05) is 34.1 Å². The third-order valence-electron chi connectivity index (χ3n) is 4.94. The average Bonchev–Trinajstić information content (AvgIpc) is 3.26. The molecule has 0 spiro atoms. The lowest BCUT2D eigenvalue weighted by Crippen LogP contribution is -2.22. The first-order valence-corrected chi connectivity index (χ1v) is 10.6. The number of hydrogen-bond acceptors (Lipinski definition) is 5. The first kappa shape index (κ1) is 20.0. The van der Waals surface area contributed by atoms with Crippen LogP contribution in [-0.2, 0) is 0 Å². The highest BCUT2D eigenvalue weighted by Gasteiger charge is 2.13. The van der Waals surface area contributed by atoms with Crippen LogP contribution in [0.2, 0.25) is 0 Å². The zero-order valence-corrected chi connectivity index (χ0v) is 18.5. The first-order chi connectivity index (χ1) is 15.6. The summed E-state index contributed by atoms with van der Waals surface area (Å²) in [6.07, 6.45) is 0. The summed E-state index contributed by atoms with van der Waals surface area (Å²) < 4.78 is 12.2. The third-order valence-corrected chi connectivity index (χ3v) is 5.44. The fraction of sp³-hybridized carbons (Fsp3) is 0.0417. The van der Waals surface area contributed by atoms with Gasteiger partial charge in [0.2, 0.25) is 5.55 Å². The van der Waals surface area contributed by atoms with Gasteiger partial charge in [-0.3, -0.25) is 4.79 Å². The number of nitrogens with zero attached hydrogens (tertiary/aromatic N) is 2. The lowest BCUT2D eigenvalue weighted by atomic mass is 10.2. The topological polar surface area (TPSA) is 92.5 Å². The highest BCUT2D eigenvalue weighted by Crippen LogP contribution is 2.24.